The topological polar surface area (TPSA) is 46.2 Å². The molecule has 0 heterocycles. The minimum absolute atomic E-state index is 0.0249. The molecule has 1 atom stereocenters. The van der Waals surface area contributed by atoms with Gasteiger partial charge in [-0.1, -0.05) is 36.8 Å². The fourth-order valence-corrected chi connectivity index (χ4v) is 3.33. The van der Waals surface area contributed by atoms with E-state index < -0.39 is 10.0 Å². The lowest BCUT2D eigenvalue weighted by Gasteiger charge is -2.10. The van der Waals surface area contributed by atoms with Gasteiger partial charge >= 0.3 is 0 Å². The van der Waals surface area contributed by atoms with E-state index >= 15 is 0 Å². The van der Waals surface area contributed by atoms with Crippen LogP contribution in [0.25, 0.3) is 0 Å². The molecular weight excluding hydrogens is 270 g/mol. The van der Waals surface area contributed by atoms with E-state index in [0.717, 1.165) is 5.56 Å². The van der Waals surface area contributed by atoms with E-state index in [4.69, 9.17) is 11.6 Å². The number of benzene rings is 1. The van der Waals surface area contributed by atoms with Crippen LogP contribution in [0.4, 0.5) is 0 Å². The molecule has 1 N–H and O–H groups in total. The number of hydrogen-bond acceptors (Lipinski definition) is 2. The minimum atomic E-state index is -3.21. The molecule has 1 rings (SSSR count). The molecule has 0 aliphatic carbocycles. The maximum atomic E-state index is 11.7. The second kappa shape index (κ2) is 7.12. The summed E-state index contributed by atoms with van der Waals surface area (Å²) in [5.74, 6) is 0.423. The minimum Gasteiger partial charge on any atom is -0.215 e. The van der Waals surface area contributed by atoms with Crippen LogP contribution >= 0.6 is 11.6 Å². The Morgan fingerprint density at radius 1 is 1.39 bits per heavy atom. The first-order chi connectivity index (χ1) is 8.43. The van der Waals surface area contributed by atoms with Crippen LogP contribution in [-0.2, 0) is 16.4 Å². The molecule has 0 aromatic heterocycles. The maximum absolute atomic E-state index is 11.7. The maximum Gasteiger partial charge on any atom is 0.211 e. The first kappa shape index (κ1) is 15.5. The van der Waals surface area contributed by atoms with E-state index in [1.54, 1.807) is 0 Å². The monoisotopic (exact) mass is 289 g/mol. The van der Waals surface area contributed by atoms with Crippen molar-refractivity contribution >= 4 is 21.6 Å². The van der Waals surface area contributed by atoms with Crippen LogP contribution in [0.5, 0.6) is 0 Å². The molecule has 1 aromatic carbocycles. The summed E-state index contributed by atoms with van der Waals surface area (Å²) < 4.78 is 26.0. The van der Waals surface area contributed by atoms with E-state index in [0.29, 0.717) is 18.8 Å². The molecule has 0 amide bonds. The Bertz CT molecular complexity index is 474. The second-order valence-corrected chi connectivity index (χ2v) is 6.83. The summed E-state index contributed by atoms with van der Waals surface area (Å²) in [4.78, 5) is 0. The number of rotatable bonds is 7. The van der Waals surface area contributed by atoms with Gasteiger partial charge < -0.3 is 0 Å². The van der Waals surface area contributed by atoms with Crippen LogP contribution in [0.1, 0.15) is 18.1 Å². The molecule has 102 valence electrons. The zero-order valence-electron chi connectivity index (χ0n) is 10.8. The Balaban J connectivity index is 2.42. The average molecular weight is 290 g/mol. The molecule has 0 radical (unpaired) electrons. The van der Waals surface area contributed by atoms with Gasteiger partial charge in [-0.05, 0) is 24.8 Å². The Kier molecular flexibility index (Phi) is 6.12. The van der Waals surface area contributed by atoms with E-state index in [1.165, 1.54) is 5.56 Å². The zero-order chi connectivity index (χ0) is 13.6. The van der Waals surface area contributed by atoms with Crippen LogP contribution < -0.4 is 4.72 Å². The summed E-state index contributed by atoms with van der Waals surface area (Å²) >= 11 is 5.61. The third kappa shape index (κ3) is 5.85. The predicted octanol–water partition coefficient (Wildman–Crippen LogP) is 2.33. The van der Waals surface area contributed by atoms with Crippen molar-refractivity contribution in [1.82, 2.24) is 4.72 Å². The highest BCUT2D eigenvalue weighted by molar-refractivity contribution is 7.89. The van der Waals surface area contributed by atoms with Gasteiger partial charge in [0.15, 0.2) is 0 Å². The van der Waals surface area contributed by atoms with E-state index in [2.05, 4.69) is 10.8 Å². The van der Waals surface area contributed by atoms with Gasteiger partial charge in [0.05, 0.1) is 5.75 Å². The zero-order valence-corrected chi connectivity index (χ0v) is 12.4. The Morgan fingerprint density at radius 2 is 2.11 bits per heavy atom. The number of alkyl halides is 1. The Labute approximate surface area is 115 Å². The lowest BCUT2D eigenvalue weighted by molar-refractivity contribution is 0.569. The third-order valence-electron chi connectivity index (χ3n) is 2.59. The summed E-state index contributed by atoms with van der Waals surface area (Å²) in [5, 5.41) is 0. The van der Waals surface area contributed by atoms with E-state index in [9.17, 15) is 8.42 Å². The average Bonchev–Trinajstić information content (AvgIpc) is 2.28. The van der Waals surface area contributed by atoms with Crippen LogP contribution in [-0.4, -0.2) is 26.6 Å². The molecule has 1 unspecified atom stereocenters. The summed E-state index contributed by atoms with van der Waals surface area (Å²) in [6.07, 6.45) is 0.705. The molecule has 0 spiro atoms. The number of nitrogens with one attached hydrogen (secondary N) is 1. The summed E-state index contributed by atoms with van der Waals surface area (Å²) in [6.45, 7) is 4.28. The molecular formula is C13H20ClNO2S. The molecule has 1 aromatic rings. The largest absolute Gasteiger partial charge is 0.215 e. The molecule has 0 bridgehead atoms. The number of sulfonamides is 1. The van der Waals surface area contributed by atoms with Crippen LogP contribution in [0.3, 0.4) is 0 Å². The molecule has 0 saturated heterocycles. The standard InChI is InChI=1S/C13H20ClNO2S/c1-11-4-3-5-13(8-11)6-7-15-18(16,17)10-12(2)9-14/h3-5,8,12,15H,6-7,9-10H2,1-2H3. The molecule has 0 aliphatic rings. The Morgan fingerprint density at radius 3 is 2.72 bits per heavy atom. The van der Waals surface area contributed by atoms with Crippen LogP contribution in [0.2, 0.25) is 0 Å². The fourth-order valence-electron chi connectivity index (χ4n) is 1.70. The van der Waals surface area contributed by atoms with Gasteiger partial charge in [0, 0.05) is 12.4 Å². The van der Waals surface area contributed by atoms with Gasteiger partial charge in [-0.15, -0.1) is 11.6 Å². The lowest BCUT2D eigenvalue weighted by Crippen LogP contribution is -2.31. The normalized spacial score (nSPS) is 13.5. The summed E-state index contributed by atoms with van der Waals surface area (Å²) in [7, 11) is -3.21. The highest BCUT2D eigenvalue weighted by Crippen LogP contribution is 2.05. The SMILES string of the molecule is Cc1cccc(CCNS(=O)(=O)CC(C)CCl)c1. The van der Waals surface area contributed by atoms with Crippen molar-refractivity contribution < 1.29 is 8.42 Å². The van der Waals surface area contributed by atoms with Crippen molar-refractivity contribution in [2.24, 2.45) is 5.92 Å². The molecule has 18 heavy (non-hydrogen) atoms. The molecule has 3 nitrogen and oxygen atoms in total. The van der Waals surface area contributed by atoms with Crippen molar-refractivity contribution in [3.8, 4) is 0 Å². The van der Waals surface area contributed by atoms with E-state index in [-0.39, 0.29) is 11.7 Å². The van der Waals surface area contributed by atoms with Gasteiger partial charge in [-0.3, -0.25) is 0 Å². The summed E-state index contributed by atoms with van der Waals surface area (Å²) in [5.41, 5.74) is 2.33. The van der Waals surface area contributed by atoms with Crippen molar-refractivity contribution in [1.29, 1.82) is 0 Å². The van der Waals surface area contributed by atoms with Crippen LogP contribution in [0, 0.1) is 12.8 Å². The second-order valence-electron chi connectivity index (χ2n) is 4.67. The highest BCUT2D eigenvalue weighted by atomic mass is 35.5. The summed E-state index contributed by atoms with van der Waals surface area (Å²) in [6, 6.07) is 8.07. The van der Waals surface area contributed by atoms with Gasteiger partial charge in [-0.25, -0.2) is 13.1 Å². The number of halogens is 1. The smallest absolute Gasteiger partial charge is 0.211 e. The van der Waals surface area contributed by atoms with Crippen molar-refractivity contribution in [2.45, 2.75) is 20.3 Å². The van der Waals surface area contributed by atoms with Crippen LogP contribution in [0.15, 0.2) is 24.3 Å². The quantitative estimate of drug-likeness (QED) is 0.783. The van der Waals surface area contributed by atoms with Gasteiger partial charge in [-0.2, -0.15) is 0 Å². The molecule has 5 heteroatoms. The Hall–Kier alpha value is -0.580. The van der Waals surface area contributed by atoms with Crippen molar-refractivity contribution in [3.63, 3.8) is 0 Å². The lowest BCUT2D eigenvalue weighted by atomic mass is 10.1. The molecule has 0 aliphatic heterocycles. The van der Waals surface area contributed by atoms with Crippen molar-refractivity contribution in [3.05, 3.63) is 35.4 Å². The third-order valence-corrected chi connectivity index (χ3v) is 4.76. The highest BCUT2D eigenvalue weighted by Gasteiger charge is 2.14. The number of aryl methyl sites for hydroxylation is 1. The first-order valence-electron chi connectivity index (χ1n) is 6.02. The molecule has 0 fully saturated rings. The van der Waals surface area contributed by atoms with Gasteiger partial charge in [0.1, 0.15) is 0 Å². The van der Waals surface area contributed by atoms with Crippen molar-refractivity contribution in [2.75, 3.05) is 18.2 Å². The first-order valence-corrected chi connectivity index (χ1v) is 8.20. The van der Waals surface area contributed by atoms with E-state index in [1.807, 2.05) is 32.0 Å². The van der Waals surface area contributed by atoms with Gasteiger partial charge in [0.2, 0.25) is 10.0 Å². The van der Waals surface area contributed by atoms with Gasteiger partial charge in [0.25, 0.3) is 0 Å². The predicted molar refractivity (Wildman–Crippen MR) is 76.6 cm³/mol. The fraction of sp³-hybridized carbons (Fsp3) is 0.538. The molecule has 0 saturated carbocycles. The number of hydrogen-bond donors (Lipinski definition) is 1.